The summed E-state index contributed by atoms with van der Waals surface area (Å²) >= 11 is 0. The highest BCUT2D eigenvalue weighted by Crippen LogP contribution is 2.31. The number of nitrogens with zero attached hydrogens (tertiary/aromatic N) is 5. The molecule has 0 saturated carbocycles. The predicted molar refractivity (Wildman–Crippen MR) is 92.2 cm³/mol. The van der Waals surface area contributed by atoms with Gasteiger partial charge in [0.25, 0.3) is 5.78 Å². The Bertz CT molecular complexity index is 908. The van der Waals surface area contributed by atoms with E-state index in [9.17, 15) is 4.39 Å². The van der Waals surface area contributed by atoms with Gasteiger partial charge in [0, 0.05) is 24.3 Å². The number of fused-ring (bicyclic) bond motifs is 1. The molecule has 2 aromatic heterocycles. The van der Waals surface area contributed by atoms with Gasteiger partial charge < -0.3 is 9.64 Å². The first-order valence-corrected chi connectivity index (χ1v) is 8.35. The number of anilines is 1. The molecule has 1 aliphatic rings. The van der Waals surface area contributed by atoms with Crippen molar-refractivity contribution >= 4 is 11.6 Å². The smallest absolute Gasteiger partial charge is 0.254 e. The minimum absolute atomic E-state index is 0.0373. The lowest BCUT2D eigenvalue weighted by Gasteiger charge is -2.39. The lowest BCUT2D eigenvalue weighted by molar-refractivity contribution is -0.0177. The Kier molecular flexibility index (Phi) is 3.88. The van der Waals surface area contributed by atoms with Crippen LogP contribution in [0.2, 0.25) is 0 Å². The number of aryl methyl sites for hydroxylation is 1. The summed E-state index contributed by atoms with van der Waals surface area (Å²) < 4.78 is 21.1. The van der Waals surface area contributed by atoms with Crippen LogP contribution in [0, 0.1) is 19.7 Å². The van der Waals surface area contributed by atoms with E-state index in [1.807, 2.05) is 20.8 Å². The van der Waals surface area contributed by atoms with Crippen molar-refractivity contribution in [3.63, 3.8) is 0 Å². The second kappa shape index (κ2) is 6.07. The quantitative estimate of drug-likeness (QED) is 0.717. The van der Waals surface area contributed by atoms with Crippen molar-refractivity contribution in [3.8, 4) is 0 Å². The third kappa shape index (κ3) is 2.84. The summed E-state index contributed by atoms with van der Waals surface area (Å²) in [6.45, 7) is 7.48. The maximum absolute atomic E-state index is 13.2. The van der Waals surface area contributed by atoms with Gasteiger partial charge in [-0.2, -0.15) is 14.6 Å². The first-order chi connectivity index (χ1) is 12.0. The predicted octanol–water partition coefficient (Wildman–Crippen LogP) is 2.85. The van der Waals surface area contributed by atoms with Gasteiger partial charge in [-0.05, 0) is 38.5 Å². The van der Waals surface area contributed by atoms with Crippen LogP contribution < -0.4 is 4.90 Å². The van der Waals surface area contributed by atoms with E-state index < -0.39 is 0 Å². The normalized spacial score (nSPS) is 21.0. The van der Waals surface area contributed by atoms with Gasteiger partial charge >= 0.3 is 0 Å². The fourth-order valence-electron chi connectivity index (χ4n) is 3.37. The van der Waals surface area contributed by atoms with E-state index in [-0.39, 0.29) is 18.0 Å². The molecule has 4 rings (SSSR count). The van der Waals surface area contributed by atoms with Crippen molar-refractivity contribution < 1.29 is 9.13 Å². The zero-order valence-corrected chi connectivity index (χ0v) is 14.5. The molecule has 0 bridgehead atoms. The standard InChI is InChI=1S/C18H20FN5O/c1-11-8-23(9-16(25-11)14-4-6-15(19)7-5-14)17-12(2)13(3)22-18-20-10-21-24(17)18/h4-7,10-11,16H,8-9H2,1-3H3. The highest BCUT2D eigenvalue weighted by Gasteiger charge is 2.29. The van der Waals surface area contributed by atoms with Crippen molar-refractivity contribution in [2.24, 2.45) is 0 Å². The third-order valence-corrected chi connectivity index (χ3v) is 4.68. The summed E-state index contributed by atoms with van der Waals surface area (Å²) in [5.74, 6) is 1.34. The van der Waals surface area contributed by atoms with Gasteiger partial charge in [0.05, 0.1) is 6.10 Å². The molecule has 0 radical (unpaired) electrons. The zero-order chi connectivity index (χ0) is 17.6. The number of morpholine rings is 1. The molecule has 3 aromatic rings. The van der Waals surface area contributed by atoms with Gasteiger partial charge in [0.15, 0.2) is 0 Å². The van der Waals surface area contributed by atoms with Gasteiger partial charge in [-0.1, -0.05) is 12.1 Å². The molecular formula is C18H20FN5O. The van der Waals surface area contributed by atoms with Crippen LogP contribution in [0.5, 0.6) is 0 Å². The second-order valence-electron chi connectivity index (χ2n) is 6.51. The summed E-state index contributed by atoms with van der Waals surface area (Å²) in [6, 6.07) is 6.51. The molecule has 3 heterocycles. The highest BCUT2D eigenvalue weighted by molar-refractivity contribution is 5.54. The molecular weight excluding hydrogens is 321 g/mol. The number of aromatic nitrogens is 4. The van der Waals surface area contributed by atoms with E-state index in [0.29, 0.717) is 12.3 Å². The van der Waals surface area contributed by atoms with E-state index in [2.05, 4.69) is 20.0 Å². The molecule has 0 aliphatic carbocycles. The van der Waals surface area contributed by atoms with E-state index in [1.165, 1.54) is 18.5 Å². The molecule has 1 fully saturated rings. The third-order valence-electron chi connectivity index (χ3n) is 4.68. The Morgan fingerprint density at radius 3 is 2.68 bits per heavy atom. The molecule has 0 amide bonds. The number of ether oxygens (including phenoxy) is 1. The molecule has 2 atom stereocenters. The summed E-state index contributed by atoms with van der Waals surface area (Å²) in [5.41, 5.74) is 2.98. The van der Waals surface area contributed by atoms with Crippen LogP contribution in [0.1, 0.15) is 29.8 Å². The lowest BCUT2D eigenvalue weighted by Crippen LogP contribution is -2.44. The van der Waals surface area contributed by atoms with E-state index in [1.54, 1.807) is 16.6 Å². The molecule has 130 valence electrons. The summed E-state index contributed by atoms with van der Waals surface area (Å²) in [4.78, 5) is 11.0. The Morgan fingerprint density at radius 2 is 1.92 bits per heavy atom. The average molecular weight is 341 g/mol. The van der Waals surface area contributed by atoms with Crippen LogP contribution in [0.3, 0.4) is 0 Å². The number of rotatable bonds is 2. The van der Waals surface area contributed by atoms with Gasteiger partial charge in [-0.3, -0.25) is 0 Å². The van der Waals surface area contributed by atoms with Crippen molar-refractivity contribution in [1.82, 2.24) is 19.6 Å². The molecule has 1 aliphatic heterocycles. The Labute approximate surface area is 145 Å². The van der Waals surface area contributed by atoms with Crippen LogP contribution in [0.25, 0.3) is 5.78 Å². The van der Waals surface area contributed by atoms with Crippen molar-refractivity contribution in [1.29, 1.82) is 0 Å². The number of halogens is 1. The van der Waals surface area contributed by atoms with E-state index >= 15 is 0 Å². The fourth-order valence-corrected chi connectivity index (χ4v) is 3.37. The summed E-state index contributed by atoms with van der Waals surface area (Å²) in [5, 5.41) is 4.34. The first-order valence-electron chi connectivity index (χ1n) is 8.35. The van der Waals surface area contributed by atoms with Crippen LogP contribution in [-0.4, -0.2) is 38.8 Å². The Morgan fingerprint density at radius 1 is 1.16 bits per heavy atom. The summed E-state index contributed by atoms with van der Waals surface area (Å²) in [6.07, 6.45) is 1.43. The molecule has 6 nitrogen and oxygen atoms in total. The average Bonchev–Trinajstić information content (AvgIpc) is 3.03. The van der Waals surface area contributed by atoms with Gasteiger partial charge in [-0.25, -0.2) is 9.37 Å². The molecule has 0 N–H and O–H groups in total. The van der Waals surface area contributed by atoms with Crippen LogP contribution in [0.4, 0.5) is 10.2 Å². The molecule has 2 unspecified atom stereocenters. The Balaban J connectivity index is 1.74. The Hall–Kier alpha value is -2.54. The largest absolute Gasteiger partial charge is 0.367 e. The van der Waals surface area contributed by atoms with Crippen molar-refractivity contribution in [2.75, 3.05) is 18.0 Å². The van der Waals surface area contributed by atoms with Gasteiger partial charge in [0.2, 0.25) is 0 Å². The van der Waals surface area contributed by atoms with Crippen LogP contribution in [-0.2, 0) is 4.74 Å². The lowest BCUT2D eigenvalue weighted by atomic mass is 10.1. The number of benzene rings is 1. The van der Waals surface area contributed by atoms with Crippen LogP contribution >= 0.6 is 0 Å². The van der Waals surface area contributed by atoms with E-state index in [0.717, 1.165) is 29.2 Å². The molecule has 1 saturated heterocycles. The van der Waals surface area contributed by atoms with Crippen molar-refractivity contribution in [3.05, 3.63) is 53.2 Å². The highest BCUT2D eigenvalue weighted by atomic mass is 19.1. The zero-order valence-electron chi connectivity index (χ0n) is 14.5. The molecule has 0 spiro atoms. The molecule has 25 heavy (non-hydrogen) atoms. The van der Waals surface area contributed by atoms with Crippen molar-refractivity contribution in [2.45, 2.75) is 33.0 Å². The van der Waals surface area contributed by atoms with Gasteiger partial charge in [-0.15, -0.1) is 0 Å². The fraction of sp³-hybridized carbons (Fsp3) is 0.389. The van der Waals surface area contributed by atoms with Gasteiger partial charge in [0.1, 0.15) is 24.1 Å². The first kappa shape index (κ1) is 16.0. The summed E-state index contributed by atoms with van der Waals surface area (Å²) in [7, 11) is 0. The minimum Gasteiger partial charge on any atom is -0.367 e. The minimum atomic E-state index is -0.241. The van der Waals surface area contributed by atoms with Crippen LogP contribution in [0.15, 0.2) is 30.6 Å². The topological polar surface area (TPSA) is 55.5 Å². The maximum Gasteiger partial charge on any atom is 0.254 e. The number of hydrogen-bond donors (Lipinski definition) is 0. The second-order valence-corrected chi connectivity index (χ2v) is 6.51. The molecule has 1 aromatic carbocycles. The monoisotopic (exact) mass is 341 g/mol. The number of hydrogen-bond acceptors (Lipinski definition) is 5. The maximum atomic E-state index is 13.2. The van der Waals surface area contributed by atoms with E-state index in [4.69, 9.17) is 4.74 Å². The molecule has 7 heteroatoms. The SMILES string of the molecule is Cc1nc2ncnn2c(N2CC(C)OC(c3ccc(F)cc3)C2)c1C.